The van der Waals surface area contributed by atoms with Crippen LogP contribution in [0.1, 0.15) is 18.1 Å². The van der Waals surface area contributed by atoms with Crippen molar-refractivity contribution in [1.29, 1.82) is 0 Å². The molecule has 1 unspecified atom stereocenters. The lowest BCUT2D eigenvalue weighted by Gasteiger charge is -2.22. The monoisotopic (exact) mass is 432 g/mol. The van der Waals surface area contributed by atoms with Crippen molar-refractivity contribution in [3.05, 3.63) is 69.6 Å². The molecule has 2 aromatic rings. The second-order valence-corrected chi connectivity index (χ2v) is 8.25. The minimum Gasteiger partial charge on any atom is -0.507 e. The van der Waals surface area contributed by atoms with E-state index >= 15 is 0 Å². The molecule has 0 bridgehead atoms. The highest BCUT2D eigenvalue weighted by molar-refractivity contribution is 8.26. The van der Waals surface area contributed by atoms with Gasteiger partial charge < -0.3 is 10.4 Å². The van der Waals surface area contributed by atoms with Crippen LogP contribution in [0.4, 0.5) is 0 Å². The van der Waals surface area contributed by atoms with Gasteiger partial charge in [0.25, 0.3) is 5.91 Å². The van der Waals surface area contributed by atoms with Crippen LogP contribution in [0.5, 0.6) is 5.75 Å². The lowest BCUT2D eigenvalue weighted by atomic mass is 10.1. The Bertz CT molecular complexity index is 963. The molecule has 1 fully saturated rings. The van der Waals surface area contributed by atoms with E-state index in [0.717, 1.165) is 17.3 Å². The van der Waals surface area contributed by atoms with Crippen LogP contribution in [-0.2, 0) is 16.1 Å². The van der Waals surface area contributed by atoms with Crippen molar-refractivity contribution in [2.24, 2.45) is 0 Å². The first-order valence-corrected chi connectivity index (χ1v) is 10.0. The van der Waals surface area contributed by atoms with E-state index < -0.39 is 6.04 Å². The fourth-order valence-corrected chi connectivity index (χ4v) is 4.24. The van der Waals surface area contributed by atoms with E-state index in [1.807, 2.05) is 30.3 Å². The Balaban J connectivity index is 1.72. The summed E-state index contributed by atoms with van der Waals surface area (Å²) in [6, 6.07) is 13.3. The summed E-state index contributed by atoms with van der Waals surface area (Å²) in [5.74, 6) is -0.674. The lowest BCUT2D eigenvalue weighted by Crippen LogP contribution is -2.46. The van der Waals surface area contributed by atoms with Crippen molar-refractivity contribution in [2.45, 2.75) is 19.5 Å². The Labute approximate surface area is 177 Å². The Morgan fingerprint density at radius 3 is 2.75 bits per heavy atom. The second kappa shape index (κ2) is 8.77. The molecule has 5 nitrogen and oxygen atoms in total. The van der Waals surface area contributed by atoms with E-state index in [0.29, 0.717) is 26.4 Å². The Hall–Kier alpha value is -2.35. The first-order chi connectivity index (χ1) is 13.4. The van der Waals surface area contributed by atoms with Gasteiger partial charge >= 0.3 is 0 Å². The second-order valence-electron chi connectivity index (χ2n) is 6.13. The van der Waals surface area contributed by atoms with Crippen molar-refractivity contribution in [3.63, 3.8) is 0 Å². The number of hydrogen-bond acceptors (Lipinski definition) is 5. The van der Waals surface area contributed by atoms with Crippen LogP contribution in [0.25, 0.3) is 6.08 Å². The number of thioether (sulfide) groups is 1. The zero-order valence-corrected chi connectivity index (χ0v) is 17.3. The SMILES string of the molecule is CC(C(=O)NCc1ccccc1)N1C(=O)/C(=C/c2cc(Cl)ccc2O)SC1=S. The van der Waals surface area contributed by atoms with Gasteiger partial charge in [-0.05, 0) is 36.8 Å². The summed E-state index contributed by atoms with van der Waals surface area (Å²) in [5.41, 5.74) is 1.37. The predicted octanol–water partition coefficient (Wildman–Crippen LogP) is 3.95. The van der Waals surface area contributed by atoms with Crippen LogP contribution in [-0.4, -0.2) is 32.2 Å². The fourth-order valence-electron chi connectivity index (χ4n) is 2.65. The fraction of sp³-hybridized carbons (Fsp3) is 0.150. The van der Waals surface area contributed by atoms with Crippen molar-refractivity contribution >= 4 is 57.8 Å². The third-order valence-corrected chi connectivity index (χ3v) is 5.74. The molecular formula is C20H17ClN2O3S2. The number of carbonyl (C=O) groups is 2. The van der Waals surface area contributed by atoms with Gasteiger partial charge in [-0.25, -0.2) is 0 Å². The molecule has 0 aromatic heterocycles. The number of hydrogen-bond donors (Lipinski definition) is 2. The molecule has 0 aliphatic carbocycles. The Morgan fingerprint density at radius 1 is 1.32 bits per heavy atom. The quantitative estimate of drug-likeness (QED) is 0.553. The van der Waals surface area contributed by atoms with Gasteiger partial charge in [0.05, 0.1) is 4.91 Å². The molecule has 8 heteroatoms. The van der Waals surface area contributed by atoms with Crippen molar-refractivity contribution in [3.8, 4) is 5.75 Å². The summed E-state index contributed by atoms with van der Waals surface area (Å²) in [4.78, 5) is 26.9. The van der Waals surface area contributed by atoms with Crippen LogP contribution in [0, 0.1) is 0 Å². The molecule has 3 rings (SSSR count). The van der Waals surface area contributed by atoms with Gasteiger partial charge in [0, 0.05) is 17.1 Å². The molecule has 0 spiro atoms. The van der Waals surface area contributed by atoms with E-state index in [-0.39, 0.29) is 17.6 Å². The van der Waals surface area contributed by atoms with Crippen molar-refractivity contribution in [2.75, 3.05) is 0 Å². The summed E-state index contributed by atoms with van der Waals surface area (Å²) in [6.07, 6.45) is 1.52. The van der Waals surface area contributed by atoms with E-state index in [9.17, 15) is 14.7 Å². The van der Waals surface area contributed by atoms with E-state index in [1.54, 1.807) is 19.1 Å². The molecule has 1 saturated heterocycles. The average Bonchev–Trinajstić information content (AvgIpc) is 2.96. The van der Waals surface area contributed by atoms with Gasteiger partial charge in [-0.1, -0.05) is 65.9 Å². The highest BCUT2D eigenvalue weighted by Crippen LogP contribution is 2.35. The number of rotatable bonds is 5. The van der Waals surface area contributed by atoms with Crippen LogP contribution < -0.4 is 5.32 Å². The number of aromatic hydroxyl groups is 1. The predicted molar refractivity (Wildman–Crippen MR) is 116 cm³/mol. The summed E-state index contributed by atoms with van der Waals surface area (Å²) >= 11 is 12.3. The molecule has 144 valence electrons. The number of nitrogens with one attached hydrogen (secondary N) is 1. The molecule has 1 aliphatic rings. The maximum Gasteiger partial charge on any atom is 0.266 e. The molecule has 0 saturated carbocycles. The topological polar surface area (TPSA) is 69.6 Å². The first-order valence-electron chi connectivity index (χ1n) is 8.44. The minimum atomic E-state index is -0.755. The van der Waals surface area contributed by atoms with E-state index in [1.165, 1.54) is 17.0 Å². The third kappa shape index (κ3) is 4.55. The summed E-state index contributed by atoms with van der Waals surface area (Å²) in [5, 5.41) is 13.2. The zero-order chi connectivity index (χ0) is 20.3. The summed E-state index contributed by atoms with van der Waals surface area (Å²) < 4.78 is 0.292. The molecule has 2 aromatic carbocycles. The van der Waals surface area contributed by atoms with Gasteiger partial charge in [0.1, 0.15) is 16.1 Å². The third-order valence-electron chi connectivity index (χ3n) is 4.18. The highest BCUT2D eigenvalue weighted by atomic mass is 35.5. The normalized spacial score (nSPS) is 16.5. The highest BCUT2D eigenvalue weighted by Gasteiger charge is 2.38. The lowest BCUT2D eigenvalue weighted by molar-refractivity contribution is -0.132. The molecule has 1 atom stereocenters. The number of nitrogens with zero attached hydrogens (tertiary/aromatic N) is 1. The molecule has 0 radical (unpaired) electrons. The number of halogens is 1. The first kappa shape index (κ1) is 20.4. The number of benzene rings is 2. The van der Waals surface area contributed by atoms with Crippen molar-refractivity contribution in [1.82, 2.24) is 10.2 Å². The summed E-state index contributed by atoms with van der Waals surface area (Å²) in [6.45, 7) is 2.00. The van der Waals surface area contributed by atoms with Gasteiger partial charge in [-0.2, -0.15) is 0 Å². The molecule has 2 amide bonds. The van der Waals surface area contributed by atoms with Gasteiger partial charge in [-0.15, -0.1) is 0 Å². The number of phenolic OH excluding ortho intramolecular Hbond substituents is 1. The van der Waals surface area contributed by atoms with Crippen molar-refractivity contribution < 1.29 is 14.7 Å². The molecule has 2 N–H and O–H groups in total. The maximum atomic E-state index is 12.8. The summed E-state index contributed by atoms with van der Waals surface area (Å²) in [7, 11) is 0. The number of amides is 2. The van der Waals surface area contributed by atoms with Gasteiger partial charge in [-0.3, -0.25) is 14.5 Å². The maximum absolute atomic E-state index is 12.8. The standard InChI is InChI=1S/C20H17ClN2O3S2/c1-12(18(25)22-11-13-5-3-2-4-6-13)23-19(26)17(28-20(23)27)10-14-9-15(21)7-8-16(14)24/h2-10,12,24H,11H2,1H3,(H,22,25)/b17-10-. The molecule has 28 heavy (non-hydrogen) atoms. The average molecular weight is 433 g/mol. The van der Waals surface area contributed by atoms with Crippen LogP contribution in [0.2, 0.25) is 5.02 Å². The Kier molecular flexibility index (Phi) is 6.39. The number of thiocarbonyl (C=S) groups is 1. The van der Waals surface area contributed by atoms with Gasteiger partial charge in [0.2, 0.25) is 5.91 Å². The molecular weight excluding hydrogens is 416 g/mol. The number of carbonyl (C=O) groups excluding carboxylic acids is 2. The largest absolute Gasteiger partial charge is 0.507 e. The van der Waals surface area contributed by atoms with Crippen LogP contribution in [0.15, 0.2) is 53.4 Å². The van der Waals surface area contributed by atoms with Crippen LogP contribution in [0.3, 0.4) is 0 Å². The zero-order valence-electron chi connectivity index (χ0n) is 14.9. The Morgan fingerprint density at radius 2 is 2.04 bits per heavy atom. The minimum absolute atomic E-state index is 0.00307. The van der Waals surface area contributed by atoms with E-state index in [2.05, 4.69) is 5.32 Å². The van der Waals surface area contributed by atoms with Gasteiger partial charge in [0.15, 0.2) is 0 Å². The number of phenols is 1. The molecule has 1 aliphatic heterocycles. The molecule has 1 heterocycles. The smallest absolute Gasteiger partial charge is 0.266 e. The van der Waals surface area contributed by atoms with Crippen LogP contribution >= 0.6 is 35.6 Å². The van der Waals surface area contributed by atoms with E-state index in [4.69, 9.17) is 23.8 Å².